The van der Waals surface area contributed by atoms with Gasteiger partial charge in [-0.2, -0.15) is 0 Å². The molecular weight excluding hydrogens is 388 g/mol. The number of amides is 2. The fraction of sp³-hybridized carbons (Fsp3) is 0.192. The molecule has 3 aliphatic rings. The average molecular weight is 410 g/mol. The van der Waals surface area contributed by atoms with E-state index in [0.29, 0.717) is 22.4 Å². The van der Waals surface area contributed by atoms with Crippen molar-refractivity contribution >= 4 is 35.0 Å². The number of benzene rings is 2. The van der Waals surface area contributed by atoms with Crippen LogP contribution in [-0.2, 0) is 4.79 Å². The molecule has 0 fully saturated rings. The summed E-state index contributed by atoms with van der Waals surface area (Å²) in [6.45, 7) is 0. The van der Waals surface area contributed by atoms with Gasteiger partial charge in [-0.05, 0) is 79.7 Å². The summed E-state index contributed by atoms with van der Waals surface area (Å²) in [7, 11) is 0. The molecule has 2 N–H and O–H groups in total. The van der Waals surface area contributed by atoms with Crippen LogP contribution in [0, 0.1) is 0 Å². The normalized spacial score (nSPS) is 18.4. The van der Waals surface area contributed by atoms with Gasteiger partial charge in [-0.15, -0.1) is 0 Å². The average Bonchev–Trinajstić information content (AvgIpc) is 3.34. The Labute approximate surface area is 180 Å². The van der Waals surface area contributed by atoms with Crippen LogP contribution in [0.3, 0.4) is 0 Å². The Kier molecular flexibility index (Phi) is 4.86. The van der Waals surface area contributed by atoms with Gasteiger partial charge in [-0.25, -0.2) is 0 Å². The zero-order valence-electron chi connectivity index (χ0n) is 17.0. The number of rotatable bonds is 4. The summed E-state index contributed by atoms with van der Waals surface area (Å²) in [5.74, 6) is -0.385. The van der Waals surface area contributed by atoms with Crippen LogP contribution in [0.4, 0.5) is 11.4 Å². The smallest absolute Gasteiger partial charge is 0.256 e. The number of allylic oxidation sites excluding steroid dienone is 5. The highest BCUT2D eigenvalue weighted by atomic mass is 16.2. The quantitative estimate of drug-likeness (QED) is 0.531. The SMILES string of the molecule is O=Cc1ccc(C(=O)Nc2ccc3c(c2)C(=CC2=CC4=C(CCCC4)C2)C(=O)N3)cc1. The molecule has 2 aliphatic carbocycles. The van der Waals surface area contributed by atoms with Gasteiger partial charge < -0.3 is 10.6 Å². The van der Waals surface area contributed by atoms with Gasteiger partial charge in [0.15, 0.2) is 0 Å². The molecule has 0 bridgehead atoms. The van der Waals surface area contributed by atoms with Crippen molar-refractivity contribution in [3.8, 4) is 0 Å². The molecule has 2 aromatic rings. The van der Waals surface area contributed by atoms with E-state index >= 15 is 0 Å². The van der Waals surface area contributed by atoms with E-state index in [0.717, 1.165) is 36.8 Å². The molecule has 0 saturated carbocycles. The number of carbonyl (C=O) groups excluding carboxylic acids is 3. The van der Waals surface area contributed by atoms with Crippen molar-refractivity contribution < 1.29 is 14.4 Å². The van der Waals surface area contributed by atoms with E-state index in [4.69, 9.17) is 0 Å². The maximum Gasteiger partial charge on any atom is 0.256 e. The highest BCUT2D eigenvalue weighted by Crippen LogP contribution is 2.40. The topological polar surface area (TPSA) is 75.3 Å². The number of aldehydes is 1. The lowest BCUT2D eigenvalue weighted by Gasteiger charge is -2.12. The van der Waals surface area contributed by atoms with Crippen LogP contribution in [0.25, 0.3) is 5.57 Å². The van der Waals surface area contributed by atoms with Crippen LogP contribution < -0.4 is 10.6 Å². The minimum Gasteiger partial charge on any atom is -0.322 e. The van der Waals surface area contributed by atoms with Crippen molar-refractivity contribution in [1.82, 2.24) is 0 Å². The Morgan fingerprint density at radius 2 is 1.84 bits per heavy atom. The van der Waals surface area contributed by atoms with Crippen LogP contribution in [0.5, 0.6) is 0 Å². The van der Waals surface area contributed by atoms with E-state index in [1.807, 2.05) is 18.2 Å². The number of fused-ring (bicyclic) bond motifs is 1. The van der Waals surface area contributed by atoms with Crippen LogP contribution in [0.2, 0.25) is 0 Å². The van der Waals surface area contributed by atoms with E-state index in [1.54, 1.807) is 30.3 Å². The molecule has 5 heteroatoms. The van der Waals surface area contributed by atoms with E-state index in [1.165, 1.54) is 29.6 Å². The first-order valence-corrected chi connectivity index (χ1v) is 10.6. The van der Waals surface area contributed by atoms with Gasteiger partial charge in [0.2, 0.25) is 0 Å². The van der Waals surface area contributed by atoms with E-state index in [9.17, 15) is 14.4 Å². The van der Waals surface area contributed by atoms with Crippen LogP contribution >= 0.6 is 0 Å². The second-order valence-corrected chi connectivity index (χ2v) is 8.20. The molecule has 0 unspecified atom stereocenters. The highest BCUT2D eigenvalue weighted by molar-refractivity contribution is 6.32. The first-order chi connectivity index (χ1) is 15.1. The van der Waals surface area contributed by atoms with Gasteiger partial charge in [0, 0.05) is 33.6 Å². The van der Waals surface area contributed by atoms with Crippen molar-refractivity contribution in [1.29, 1.82) is 0 Å². The predicted octanol–water partition coefficient (Wildman–Crippen LogP) is 5.29. The molecule has 154 valence electrons. The lowest BCUT2D eigenvalue weighted by atomic mass is 9.93. The fourth-order valence-corrected chi connectivity index (χ4v) is 4.49. The largest absolute Gasteiger partial charge is 0.322 e. The summed E-state index contributed by atoms with van der Waals surface area (Å²) in [6.07, 6.45) is 10.7. The standard InChI is InChI=1S/C26H22N2O3/c29-15-16-5-7-18(8-6-16)25(30)27-21-9-10-24-22(14-21)23(26(31)28-24)13-17-11-19-3-1-2-4-20(19)12-17/h5-11,13-15H,1-4,12H2,(H,27,30)(H,28,31). The van der Waals surface area contributed by atoms with E-state index < -0.39 is 0 Å². The third-order valence-corrected chi connectivity index (χ3v) is 6.11. The lowest BCUT2D eigenvalue weighted by Crippen LogP contribution is -2.11. The molecule has 1 aliphatic heterocycles. The first kappa shape index (κ1) is 19.2. The summed E-state index contributed by atoms with van der Waals surface area (Å²) in [5, 5.41) is 5.79. The van der Waals surface area contributed by atoms with Gasteiger partial charge in [-0.1, -0.05) is 23.8 Å². The molecule has 0 saturated heterocycles. The minimum absolute atomic E-state index is 0.117. The molecule has 31 heavy (non-hydrogen) atoms. The molecule has 1 heterocycles. The summed E-state index contributed by atoms with van der Waals surface area (Å²) in [6, 6.07) is 11.9. The molecule has 0 radical (unpaired) electrons. The van der Waals surface area contributed by atoms with Gasteiger partial charge >= 0.3 is 0 Å². The molecule has 0 aromatic heterocycles. The minimum atomic E-state index is -0.268. The van der Waals surface area contributed by atoms with E-state index in [-0.39, 0.29) is 11.8 Å². The summed E-state index contributed by atoms with van der Waals surface area (Å²) < 4.78 is 0. The molecule has 0 atom stereocenters. The van der Waals surface area contributed by atoms with Crippen LogP contribution in [-0.4, -0.2) is 18.1 Å². The van der Waals surface area contributed by atoms with E-state index in [2.05, 4.69) is 16.7 Å². The molecule has 2 aromatic carbocycles. The molecular formula is C26H22N2O3. The van der Waals surface area contributed by atoms with Crippen molar-refractivity contribution in [3.63, 3.8) is 0 Å². The molecule has 5 rings (SSSR count). The Morgan fingerprint density at radius 1 is 1.03 bits per heavy atom. The Bertz CT molecular complexity index is 1200. The summed E-state index contributed by atoms with van der Waals surface area (Å²) in [5.41, 5.74) is 7.91. The van der Waals surface area contributed by atoms with Gasteiger partial charge in [0.25, 0.3) is 11.8 Å². The van der Waals surface area contributed by atoms with Crippen LogP contribution in [0.1, 0.15) is 58.4 Å². The highest BCUT2D eigenvalue weighted by Gasteiger charge is 2.26. The summed E-state index contributed by atoms with van der Waals surface area (Å²) >= 11 is 0. The van der Waals surface area contributed by atoms with Crippen molar-refractivity contribution in [2.75, 3.05) is 10.6 Å². The second kappa shape index (κ2) is 7.84. The number of carbonyl (C=O) groups is 3. The molecule has 2 amide bonds. The maximum atomic E-state index is 12.6. The van der Waals surface area contributed by atoms with Crippen molar-refractivity contribution in [2.24, 2.45) is 0 Å². The van der Waals surface area contributed by atoms with Crippen molar-refractivity contribution in [2.45, 2.75) is 32.1 Å². The Balaban J connectivity index is 1.38. The number of hydrogen-bond donors (Lipinski definition) is 2. The fourth-order valence-electron chi connectivity index (χ4n) is 4.49. The van der Waals surface area contributed by atoms with Gasteiger partial charge in [0.1, 0.15) is 6.29 Å². The zero-order valence-corrected chi connectivity index (χ0v) is 17.0. The third kappa shape index (κ3) is 3.75. The summed E-state index contributed by atoms with van der Waals surface area (Å²) in [4.78, 5) is 36.0. The van der Waals surface area contributed by atoms with Crippen LogP contribution in [0.15, 0.2) is 71.3 Å². The molecule has 5 nitrogen and oxygen atoms in total. The monoisotopic (exact) mass is 410 g/mol. The Morgan fingerprint density at radius 3 is 2.61 bits per heavy atom. The van der Waals surface area contributed by atoms with Gasteiger partial charge in [-0.3, -0.25) is 14.4 Å². The maximum absolute atomic E-state index is 12.6. The third-order valence-electron chi connectivity index (χ3n) is 6.11. The number of nitrogens with one attached hydrogen (secondary N) is 2. The Hall–Kier alpha value is -3.73. The second-order valence-electron chi connectivity index (χ2n) is 8.20. The van der Waals surface area contributed by atoms with Gasteiger partial charge in [0.05, 0.1) is 0 Å². The molecule has 0 spiro atoms. The zero-order chi connectivity index (χ0) is 21.4. The number of anilines is 2. The lowest BCUT2D eigenvalue weighted by molar-refractivity contribution is -0.110. The predicted molar refractivity (Wildman–Crippen MR) is 121 cm³/mol. The van der Waals surface area contributed by atoms with Crippen molar-refractivity contribution in [3.05, 3.63) is 88.0 Å². The number of hydrogen-bond acceptors (Lipinski definition) is 3. The first-order valence-electron chi connectivity index (χ1n) is 10.6.